The van der Waals surface area contributed by atoms with Gasteiger partial charge < -0.3 is 4.98 Å². The van der Waals surface area contributed by atoms with E-state index in [0.717, 1.165) is 5.92 Å². The molecular weight excluding hydrogens is 110 g/mol. The van der Waals surface area contributed by atoms with Crippen LogP contribution in [0.2, 0.25) is 0 Å². The van der Waals surface area contributed by atoms with Crippen LogP contribution >= 0.6 is 0 Å². The highest BCUT2D eigenvalue weighted by Crippen LogP contribution is 2.40. The maximum atomic E-state index is 3.27. The van der Waals surface area contributed by atoms with Gasteiger partial charge in [0.15, 0.2) is 0 Å². The zero-order chi connectivity index (χ0) is 6.27. The summed E-state index contributed by atoms with van der Waals surface area (Å²) in [7, 11) is 0. The third kappa shape index (κ3) is 0.766. The highest BCUT2D eigenvalue weighted by molar-refractivity contribution is 5.25. The highest BCUT2D eigenvalue weighted by atomic mass is 14.7. The van der Waals surface area contributed by atoms with Crippen molar-refractivity contribution >= 4 is 0 Å². The van der Waals surface area contributed by atoms with Crippen LogP contribution in [0.5, 0.6) is 0 Å². The molecule has 1 aromatic heterocycles. The van der Waals surface area contributed by atoms with E-state index in [9.17, 15) is 0 Å². The first-order valence-corrected chi connectivity index (χ1v) is 3.52. The molecule has 1 saturated carbocycles. The summed E-state index contributed by atoms with van der Waals surface area (Å²) >= 11 is 0. The van der Waals surface area contributed by atoms with Crippen LogP contribution in [0, 0.1) is 6.92 Å². The lowest BCUT2D eigenvalue weighted by Gasteiger charge is -1.92. The molecule has 1 aliphatic rings. The maximum absolute atomic E-state index is 3.27. The van der Waals surface area contributed by atoms with Crippen LogP contribution < -0.4 is 0 Å². The van der Waals surface area contributed by atoms with Gasteiger partial charge in [0.25, 0.3) is 0 Å². The summed E-state index contributed by atoms with van der Waals surface area (Å²) in [5, 5.41) is 0. The fourth-order valence-electron chi connectivity index (χ4n) is 1.27. The maximum Gasteiger partial charge on any atom is 0.0208 e. The van der Waals surface area contributed by atoms with E-state index in [2.05, 4.69) is 18.0 Å². The number of aryl methyl sites for hydroxylation is 1. The largest absolute Gasteiger partial charge is 0.365 e. The number of H-pyrrole nitrogens is 1. The van der Waals surface area contributed by atoms with Crippen LogP contribution in [0.15, 0.2) is 12.3 Å². The Labute approximate surface area is 55.1 Å². The van der Waals surface area contributed by atoms with Gasteiger partial charge in [-0.15, -0.1) is 0 Å². The second-order valence-electron chi connectivity index (χ2n) is 2.85. The van der Waals surface area contributed by atoms with Gasteiger partial charge in [0, 0.05) is 11.9 Å². The molecule has 48 valence electrons. The van der Waals surface area contributed by atoms with Gasteiger partial charge >= 0.3 is 0 Å². The van der Waals surface area contributed by atoms with Crippen LogP contribution in [0.3, 0.4) is 0 Å². The Hall–Kier alpha value is -0.720. The minimum absolute atomic E-state index is 0.875. The van der Waals surface area contributed by atoms with E-state index < -0.39 is 0 Å². The molecule has 0 spiro atoms. The molecule has 1 nitrogen and oxygen atoms in total. The average Bonchev–Trinajstić information content (AvgIpc) is 2.58. The molecule has 1 aromatic rings. The van der Waals surface area contributed by atoms with Crippen LogP contribution in [-0.4, -0.2) is 4.98 Å². The molecule has 0 atom stereocenters. The lowest BCUT2D eigenvalue weighted by Crippen LogP contribution is -1.79. The molecule has 1 fully saturated rings. The summed E-state index contributed by atoms with van der Waals surface area (Å²) in [5.74, 6) is 0.875. The molecular formula is C8H11N. The highest BCUT2D eigenvalue weighted by Gasteiger charge is 2.25. The molecule has 0 unspecified atom stereocenters. The Balaban J connectivity index is 2.35. The van der Waals surface area contributed by atoms with Crippen LogP contribution in [0.4, 0.5) is 0 Å². The van der Waals surface area contributed by atoms with E-state index in [4.69, 9.17) is 0 Å². The second-order valence-corrected chi connectivity index (χ2v) is 2.85. The number of hydrogen-bond acceptors (Lipinski definition) is 0. The molecule has 1 aliphatic carbocycles. The summed E-state index contributed by atoms with van der Waals surface area (Å²) in [4.78, 5) is 3.27. The molecule has 1 heteroatoms. The van der Waals surface area contributed by atoms with E-state index in [1.807, 2.05) is 6.20 Å². The van der Waals surface area contributed by atoms with Gasteiger partial charge in [0.2, 0.25) is 0 Å². The van der Waals surface area contributed by atoms with Gasteiger partial charge in [0.1, 0.15) is 0 Å². The van der Waals surface area contributed by atoms with Gasteiger partial charge in [-0.2, -0.15) is 0 Å². The Morgan fingerprint density at radius 1 is 1.56 bits per heavy atom. The molecule has 1 N–H and O–H groups in total. The van der Waals surface area contributed by atoms with Crippen molar-refractivity contribution in [3.05, 3.63) is 23.5 Å². The molecule has 9 heavy (non-hydrogen) atoms. The zero-order valence-corrected chi connectivity index (χ0v) is 5.65. The van der Waals surface area contributed by atoms with Crippen molar-refractivity contribution in [2.45, 2.75) is 25.7 Å². The molecule has 2 rings (SSSR count). The molecule has 0 bridgehead atoms. The standard InChI is InChI=1S/C8H11N/c1-6-4-5-9-8(6)7-2-3-7/h4-5,7,9H,2-3H2,1H3. The van der Waals surface area contributed by atoms with E-state index in [1.54, 1.807) is 0 Å². The summed E-state index contributed by atoms with van der Waals surface area (Å²) < 4.78 is 0. The quantitative estimate of drug-likeness (QED) is 0.586. The van der Waals surface area contributed by atoms with Crippen molar-refractivity contribution in [1.82, 2.24) is 4.98 Å². The third-order valence-corrected chi connectivity index (χ3v) is 1.98. The minimum Gasteiger partial charge on any atom is -0.365 e. The average molecular weight is 121 g/mol. The number of hydrogen-bond donors (Lipinski definition) is 1. The first-order valence-electron chi connectivity index (χ1n) is 3.52. The van der Waals surface area contributed by atoms with Gasteiger partial charge in [-0.25, -0.2) is 0 Å². The van der Waals surface area contributed by atoms with Crippen molar-refractivity contribution < 1.29 is 0 Å². The monoisotopic (exact) mass is 121 g/mol. The Morgan fingerprint density at radius 3 is 2.78 bits per heavy atom. The fourth-order valence-corrected chi connectivity index (χ4v) is 1.27. The number of nitrogens with one attached hydrogen (secondary N) is 1. The lowest BCUT2D eigenvalue weighted by atomic mass is 10.2. The first kappa shape index (κ1) is 5.10. The Kier molecular flexibility index (Phi) is 0.922. The molecule has 0 aromatic carbocycles. The van der Waals surface area contributed by atoms with Crippen molar-refractivity contribution in [3.8, 4) is 0 Å². The normalized spacial score (nSPS) is 18.3. The van der Waals surface area contributed by atoms with E-state index in [-0.39, 0.29) is 0 Å². The second kappa shape index (κ2) is 1.63. The van der Waals surface area contributed by atoms with Crippen LogP contribution in [0.1, 0.15) is 30.0 Å². The van der Waals surface area contributed by atoms with Crippen molar-refractivity contribution in [3.63, 3.8) is 0 Å². The van der Waals surface area contributed by atoms with E-state index in [1.165, 1.54) is 24.1 Å². The van der Waals surface area contributed by atoms with E-state index in [0.29, 0.717) is 0 Å². The zero-order valence-electron chi connectivity index (χ0n) is 5.65. The molecule has 0 amide bonds. The van der Waals surface area contributed by atoms with Crippen molar-refractivity contribution in [1.29, 1.82) is 0 Å². The lowest BCUT2D eigenvalue weighted by molar-refractivity contribution is 1.03. The summed E-state index contributed by atoms with van der Waals surface area (Å²) in [5.41, 5.74) is 2.90. The predicted molar refractivity (Wildman–Crippen MR) is 37.5 cm³/mol. The van der Waals surface area contributed by atoms with Gasteiger partial charge in [-0.3, -0.25) is 0 Å². The Bertz CT molecular complexity index is 208. The van der Waals surface area contributed by atoms with Gasteiger partial charge in [-0.05, 0) is 37.3 Å². The SMILES string of the molecule is Cc1cc[nH]c1C1CC1. The summed E-state index contributed by atoms with van der Waals surface area (Å²) in [6.45, 7) is 2.17. The van der Waals surface area contributed by atoms with Crippen LogP contribution in [-0.2, 0) is 0 Å². The number of aromatic nitrogens is 1. The smallest absolute Gasteiger partial charge is 0.0208 e. The molecule has 0 saturated heterocycles. The molecule has 1 heterocycles. The third-order valence-electron chi connectivity index (χ3n) is 1.98. The fraction of sp³-hybridized carbons (Fsp3) is 0.500. The van der Waals surface area contributed by atoms with Gasteiger partial charge in [-0.1, -0.05) is 0 Å². The minimum atomic E-state index is 0.875. The topological polar surface area (TPSA) is 15.8 Å². The van der Waals surface area contributed by atoms with Crippen LogP contribution in [0.25, 0.3) is 0 Å². The number of aromatic amines is 1. The number of rotatable bonds is 1. The van der Waals surface area contributed by atoms with E-state index >= 15 is 0 Å². The summed E-state index contributed by atoms with van der Waals surface area (Å²) in [6, 6.07) is 2.15. The Morgan fingerprint density at radius 2 is 2.33 bits per heavy atom. The van der Waals surface area contributed by atoms with Crippen molar-refractivity contribution in [2.24, 2.45) is 0 Å². The first-order chi connectivity index (χ1) is 4.38. The molecule has 0 aliphatic heterocycles. The summed E-state index contributed by atoms with van der Waals surface area (Å²) in [6.07, 6.45) is 4.81. The van der Waals surface area contributed by atoms with Gasteiger partial charge in [0.05, 0.1) is 0 Å². The molecule has 0 radical (unpaired) electrons. The van der Waals surface area contributed by atoms with Crippen molar-refractivity contribution in [2.75, 3.05) is 0 Å². The predicted octanol–water partition coefficient (Wildman–Crippen LogP) is 2.20.